The molecule has 1 aliphatic heterocycles. The molecule has 0 aromatic rings. The molecule has 1 aliphatic rings. The van der Waals surface area contributed by atoms with E-state index in [1.807, 2.05) is 11.9 Å². The van der Waals surface area contributed by atoms with Crippen molar-refractivity contribution in [2.45, 2.75) is 24.9 Å². The number of nitrogens with zero attached hydrogens (tertiary/aromatic N) is 1. The van der Waals surface area contributed by atoms with Gasteiger partial charge in [0.25, 0.3) is 6.43 Å². The SMILES string of the molecule is CN1CCC(O)(C(F)F)CC1. The van der Waals surface area contributed by atoms with E-state index in [0.717, 1.165) is 0 Å². The van der Waals surface area contributed by atoms with E-state index in [4.69, 9.17) is 0 Å². The Bertz CT molecular complexity index is 132. The summed E-state index contributed by atoms with van der Waals surface area (Å²) in [7, 11) is 1.87. The monoisotopic (exact) mass is 165 g/mol. The van der Waals surface area contributed by atoms with Crippen molar-refractivity contribution in [3.05, 3.63) is 0 Å². The van der Waals surface area contributed by atoms with E-state index >= 15 is 0 Å². The van der Waals surface area contributed by atoms with Gasteiger partial charge in [-0.1, -0.05) is 0 Å². The first-order valence-corrected chi connectivity index (χ1v) is 3.74. The van der Waals surface area contributed by atoms with Crippen LogP contribution in [0.2, 0.25) is 0 Å². The smallest absolute Gasteiger partial charge is 0.266 e. The van der Waals surface area contributed by atoms with E-state index in [0.29, 0.717) is 13.1 Å². The highest BCUT2D eigenvalue weighted by Crippen LogP contribution is 2.27. The summed E-state index contributed by atoms with van der Waals surface area (Å²) in [5.41, 5.74) is -1.72. The number of hydrogen-bond acceptors (Lipinski definition) is 2. The minimum atomic E-state index is -2.60. The predicted octanol–water partition coefficient (Wildman–Crippen LogP) is 0.708. The maximum absolute atomic E-state index is 12.2. The van der Waals surface area contributed by atoms with Crippen LogP contribution < -0.4 is 0 Å². The van der Waals surface area contributed by atoms with Crippen molar-refractivity contribution >= 4 is 0 Å². The fourth-order valence-electron chi connectivity index (χ4n) is 1.22. The highest BCUT2D eigenvalue weighted by molar-refractivity contribution is 4.86. The summed E-state index contributed by atoms with van der Waals surface area (Å²) in [5.74, 6) is 0. The zero-order valence-corrected chi connectivity index (χ0v) is 6.56. The minimum Gasteiger partial charge on any atom is -0.384 e. The molecule has 0 saturated carbocycles. The van der Waals surface area contributed by atoms with Crippen molar-refractivity contribution in [3.8, 4) is 0 Å². The average molecular weight is 165 g/mol. The van der Waals surface area contributed by atoms with Crippen molar-refractivity contribution in [3.63, 3.8) is 0 Å². The van der Waals surface area contributed by atoms with E-state index in [1.165, 1.54) is 0 Å². The number of alkyl halides is 2. The van der Waals surface area contributed by atoms with Crippen LogP contribution in [0.1, 0.15) is 12.8 Å². The normalized spacial score (nSPS) is 25.9. The molecule has 1 heterocycles. The van der Waals surface area contributed by atoms with Crippen molar-refractivity contribution in [2.75, 3.05) is 20.1 Å². The average Bonchev–Trinajstić information content (AvgIpc) is 1.95. The van der Waals surface area contributed by atoms with Crippen LogP contribution in [-0.2, 0) is 0 Å². The van der Waals surface area contributed by atoms with Gasteiger partial charge in [-0.25, -0.2) is 8.78 Å². The maximum Gasteiger partial charge on any atom is 0.266 e. The Morgan fingerprint density at radius 1 is 1.36 bits per heavy atom. The molecule has 0 aliphatic carbocycles. The summed E-state index contributed by atoms with van der Waals surface area (Å²) >= 11 is 0. The van der Waals surface area contributed by atoms with Gasteiger partial charge in [-0.2, -0.15) is 0 Å². The van der Waals surface area contributed by atoms with Gasteiger partial charge >= 0.3 is 0 Å². The second-order valence-corrected chi connectivity index (χ2v) is 3.21. The van der Waals surface area contributed by atoms with Gasteiger partial charge in [0.15, 0.2) is 0 Å². The van der Waals surface area contributed by atoms with Crippen molar-refractivity contribution in [1.82, 2.24) is 4.90 Å². The summed E-state index contributed by atoms with van der Waals surface area (Å²) < 4.78 is 24.3. The first kappa shape index (κ1) is 8.87. The molecule has 2 nitrogen and oxygen atoms in total. The molecule has 0 aromatic heterocycles. The lowest BCUT2D eigenvalue weighted by Gasteiger charge is -2.35. The summed E-state index contributed by atoms with van der Waals surface area (Å²) in [6.45, 7) is 1.11. The second-order valence-electron chi connectivity index (χ2n) is 3.21. The Kier molecular flexibility index (Phi) is 2.44. The third-order valence-electron chi connectivity index (χ3n) is 2.26. The molecule has 0 spiro atoms. The number of piperidine rings is 1. The fraction of sp³-hybridized carbons (Fsp3) is 1.00. The van der Waals surface area contributed by atoms with E-state index < -0.39 is 12.0 Å². The van der Waals surface area contributed by atoms with Crippen LogP contribution in [0, 0.1) is 0 Å². The molecule has 0 amide bonds. The largest absolute Gasteiger partial charge is 0.384 e. The van der Waals surface area contributed by atoms with Gasteiger partial charge in [-0.05, 0) is 19.9 Å². The maximum atomic E-state index is 12.2. The summed E-state index contributed by atoms with van der Waals surface area (Å²) in [6.07, 6.45) is -2.24. The van der Waals surface area contributed by atoms with Crippen LogP contribution in [0.25, 0.3) is 0 Å². The zero-order valence-electron chi connectivity index (χ0n) is 6.56. The summed E-state index contributed by atoms with van der Waals surface area (Å²) in [6, 6.07) is 0. The van der Waals surface area contributed by atoms with Gasteiger partial charge in [-0.3, -0.25) is 0 Å². The third kappa shape index (κ3) is 1.87. The number of rotatable bonds is 1. The Balaban J connectivity index is 2.48. The summed E-state index contributed by atoms with van der Waals surface area (Å²) in [4.78, 5) is 1.94. The number of hydrogen-bond donors (Lipinski definition) is 1. The van der Waals surface area contributed by atoms with Crippen LogP contribution in [0.5, 0.6) is 0 Å². The predicted molar refractivity (Wildman–Crippen MR) is 37.7 cm³/mol. The van der Waals surface area contributed by atoms with Crippen molar-refractivity contribution < 1.29 is 13.9 Å². The Labute approximate surface area is 64.8 Å². The lowest BCUT2D eigenvalue weighted by Crippen LogP contribution is -2.47. The quantitative estimate of drug-likeness (QED) is 0.618. The molecule has 1 N–H and O–H groups in total. The van der Waals surface area contributed by atoms with Crippen LogP contribution in [0.3, 0.4) is 0 Å². The molecule has 0 bridgehead atoms. The Hall–Kier alpha value is -0.220. The van der Waals surface area contributed by atoms with E-state index in [-0.39, 0.29) is 12.8 Å². The van der Waals surface area contributed by atoms with Crippen LogP contribution in [0.4, 0.5) is 8.78 Å². The van der Waals surface area contributed by atoms with Crippen molar-refractivity contribution in [1.29, 1.82) is 0 Å². The molecule has 1 saturated heterocycles. The lowest BCUT2D eigenvalue weighted by molar-refractivity contribution is -0.124. The van der Waals surface area contributed by atoms with Crippen LogP contribution in [-0.4, -0.2) is 42.2 Å². The van der Waals surface area contributed by atoms with Crippen LogP contribution >= 0.6 is 0 Å². The first-order valence-electron chi connectivity index (χ1n) is 3.74. The molecule has 66 valence electrons. The second kappa shape index (κ2) is 3.03. The minimum absolute atomic E-state index is 0.182. The molecule has 0 unspecified atom stereocenters. The number of aliphatic hydroxyl groups is 1. The van der Waals surface area contributed by atoms with E-state index in [9.17, 15) is 13.9 Å². The molecule has 0 aromatic carbocycles. The highest BCUT2D eigenvalue weighted by Gasteiger charge is 2.39. The Morgan fingerprint density at radius 2 is 1.82 bits per heavy atom. The first-order chi connectivity index (χ1) is 5.04. The lowest BCUT2D eigenvalue weighted by atomic mass is 9.92. The van der Waals surface area contributed by atoms with Crippen molar-refractivity contribution in [2.24, 2.45) is 0 Å². The van der Waals surface area contributed by atoms with Gasteiger partial charge in [0.2, 0.25) is 0 Å². The molecule has 4 heteroatoms. The van der Waals surface area contributed by atoms with Gasteiger partial charge in [0.05, 0.1) is 0 Å². The summed E-state index contributed by atoms with van der Waals surface area (Å²) in [5, 5.41) is 9.29. The topological polar surface area (TPSA) is 23.5 Å². The molecule has 11 heavy (non-hydrogen) atoms. The third-order valence-corrected chi connectivity index (χ3v) is 2.26. The van der Waals surface area contributed by atoms with Gasteiger partial charge in [0, 0.05) is 13.1 Å². The Morgan fingerprint density at radius 3 is 2.18 bits per heavy atom. The standard InChI is InChI=1S/C7H13F2NO/c1-10-4-2-7(11,3-5-10)6(8)9/h6,11H,2-5H2,1H3. The molecule has 0 radical (unpaired) electrons. The zero-order chi connectivity index (χ0) is 8.48. The number of halogens is 2. The molecular formula is C7H13F2NO. The van der Waals surface area contributed by atoms with Crippen LogP contribution in [0.15, 0.2) is 0 Å². The highest BCUT2D eigenvalue weighted by atomic mass is 19.3. The molecular weight excluding hydrogens is 152 g/mol. The number of likely N-dealkylation sites (tertiary alicyclic amines) is 1. The van der Waals surface area contributed by atoms with E-state index in [1.54, 1.807) is 0 Å². The van der Waals surface area contributed by atoms with Gasteiger partial charge in [0.1, 0.15) is 5.60 Å². The van der Waals surface area contributed by atoms with E-state index in [2.05, 4.69) is 0 Å². The fourth-order valence-corrected chi connectivity index (χ4v) is 1.22. The van der Waals surface area contributed by atoms with Gasteiger partial charge in [-0.15, -0.1) is 0 Å². The van der Waals surface area contributed by atoms with Gasteiger partial charge < -0.3 is 10.0 Å². The molecule has 1 rings (SSSR count). The molecule has 1 fully saturated rings. The molecule has 0 atom stereocenters.